The number of carbonyl (C=O) groups is 1. The predicted octanol–water partition coefficient (Wildman–Crippen LogP) is 4.66. The molecule has 1 aromatic heterocycles. The predicted molar refractivity (Wildman–Crippen MR) is 112 cm³/mol. The molecule has 0 unspecified atom stereocenters. The van der Waals surface area contributed by atoms with E-state index in [-0.39, 0.29) is 12.5 Å². The van der Waals surface area contributed by atoms with E-state index in [1.165, 1.54) is 22.9 Å². The molecule has 0 bridgehead atoms. The molecular weight excluding hydrogens is 370 g/mol. The minimum Gasteiger partial charge on any atom is -0.337 e. The van der Waals surface area contributed by atoms with Gasteiger partial charge in [0.1, 0.15) is 6.54 Å². The normalized spacial score (nSPS) is 10.6. The van der Waals surface area contributed by atoms with Gasteiger partial charge in [0.15, 0.2) is 0 Å². The van der Waals surface area contributed by atoms with Crippen molar-refractivity contribution in [2.75, 3.05) is 12.3 Å². The van der Waals surface area contributed by atoms with Gasteiger partial charge in [0, 0.05) is 17.0 Å². The van der Waals surface area contributed by atoms with Crippen LogP contribution < -0.4 is 0 Å². The van der Waals surface area contributed by atoms with Crippen molar-refractivity contribution in [2.45, 2.75) is 25.3 Å². The van der Waals surface area contributed by atoms with Crippen molar-refractivity contribution >= 4 is 17.7 Å². The second-order valence-corrected chi connectivity index (χ2v) is 7.59. The molecule has 0 saturated carbocycles. The summed E-state index contributed by atoms with van der Waals surface area (Å²) in [5.74, 6) is 1.28. The quantitative estimate of drug-likeness (QED) is 0.411. The Balaban J connectivity index is 1.63. The summed E-state index contributed by atoms with van der Waals surface area (Å²) in [5, 5.41) is 4.04. The molecule has 28 heavy (non-hydrogen) atoms. The molecular formula is C22H23N3O2S. The topological polar surface area (TPSA) is 59.2 Å². The Labute approximate surface area is 169 Å². The molecule has 6 heteroatoms. The highest BCUT2D eigenvalue weighted by atomic mass is 32.2. The zero-order chi connectivity index (χ0) is 19.9. The Morgan fingerprint density at radius 2 is 1.75 bits per heavy atom. The van der Waals surface area contributed by atoms with Crippen LogP contribution in [-0.2, 0) is 11.3 Å². The standard InChI is InChI=1S/C22H23N3O2S/c1-4-13-25(21(26)15-28-19-11-7-17(3)8-12-19)14-20-23-22(24-27-20)18-9-5-16(2)6-10-18/h4-12H,1,13-15H2,2-3H3. The van der Waals surface area contributed by atoms with Gasteiger partial charge < -0.3 is 9.42 Å². The maximum atomic E-state index is 12.7. The Kier molecular flexibility index (Phi) is 6.66. The van der Waals surface area contributed by atoms with E-state index in [0.29, 0.717) is 24.0 Å². The first kappa shape index (κ1) is 19.9. The fourth-order valence-electron chi connectivity index (χ4n) is 2.58. The zero-order valence-electron chi connectivity index (χ0n) is 16.1. The molecule has 3 aromatic rings. The molecule has 1 heterocycles. The lowest BCUT2D eigenvalue weighted by molar-refractivity contribution is -0.128. The summed E-state index contributed by atoms with van der Waals surface area (Å²) < 4.78 is 5.36. The highest BCUT2D eigenvalue weighted by Gasteiger charge is 2.17. The Hall–Kier alpha value is -2.86. The number of amides is 1. The van der Waals surface area contributed by atoms with Crippen molar-refractivity contribution in [1.82, 2.24) is 15.0 Å². The first-order chi connectivity index (χ1) is 13.5. The molecule has 144 valence electrons. The molecule has 5 nitrogen and oxygen atoms in total. The van der Waals surface area contributed by atoms with Crippen molar-refractivity contribution in [3.63, 3.8) is 0 Å². The highest BCUT2D eigenvalue weighted by Crippen LogP contribution is 2.20. The maximum Gasteiger partial charge on any atom is 0.246 e. The van der Waals surface area contributed by atoms with E-state index in [4.69, 9.17) is 4.52 Å². The van der Waals surface area contributed by atoms with Crippen molar-refractivity contribution in [1.29, 1.82) is 0 Å². The van der Waals surface area contributed by atoms with Crippen LogP contribution in [0, 0.1) is 13.8 Å². The van der Waals surface area contributed by atoms with Gasteiger partial charge in [0.05, 0.1) is 5.75 Å². The summed E-state index contributed by atoms with van der Waals surface area (Å²) in [6, 6.07) is 16.0. The highest BCUT2D eigenvalue weighted by molar-refractivity contribution is 8.00. The van der Waals surface area contributed by atoms with Crippen LogP contribution in [0.1, 0.15) is 17.0 Å². The van der Waals surface area contributed by atoms with Crippen LogP contribution in [0.4, 0.5) is 0 Å². The Morgan fingerprint density at radius 3 is 2.39 bits per heavy atom. The SMILES string of the molecule is C=CCN(Cc1nc(-c2ccc(C)cc2)no1)C(=O)CSc1ccc(C)cc1. The molecule has 0 aliphatic heterocycles. The Morgan fingerprint density at radius 1 is 1.11 bits per heavy atom. The van der Waals surface area contributed by atoms with Crippen LogP contribution in [0.15, 0.2) is 70.6 Å². The fraction of sp³-hybridized carbons (Fsp3) is 0.227. The van der Waals surface area contributed by atoms with Crippen molar-refractivity contribution < 1.29 is 9.32 Å². The lowest BCUT2D eigenvalue weighted by Gasteiger charge is -2.18. The van der Waals surface area contributed by atoms with E-state index in [1.807, 2.05) is 62.4 Å². The minimum atomic E-state index is 0.000519. The minimum absolute atomic E-state index is 0.000519. The van der Waals surface area contributed by atoms with Gasteiger partial charge in [0.25, 0.3) is 0 Å². The van der Waals surface area contributed by atoms with Gasteiger partial charge in [-0.05, 0) is 26.0 Å². The van der Waals surface area contributed by atoms with Gasteiger partial charge >= 0.3 is 0 Å². The van der Waals surface area contributed by atoms with Crippen LogP contribution in [0.5, 0.6) is 0 Å². The smallest absolute Gasteiger partial charge is 0.246 e. The van der Waals surface area contributed by atoms with Gasteiger partial charge in [-0.1, -0.05) is 58.8 Å². The number of carbonyl (C=O) groups excluding carboxylic acids is 1. The van der Waals surface area contributed by atoms with Crippen molar-refractivity contribution in [3.8, 4) is 11.4 Å². The fourth-order valence-corrected chi connectivity index (χ4v) is 3.38. The summed E-state index contributed by atoms with van der Waals surface area (Å²) in [7, 11) is 0. The number of rotatable bonds is 8. The number of thioether (sulfide) groups is 1. The van der Waals surface area contributed by atoms with E-state index >= 15 is 0 Å². The first-order valence-corrected chi connectivity index (χ1v) is 10.0. The largest absolute Gasteiger partial charge is 0.337 e. The van der Waals surface area contributed by atoms with Crippen molar-refractivity contribution in [3.05, 3.63) is 78.2 Å². The second-order valence-electron chi connectivity index (χ2n) is 6.54. The number of hydrogen-bond acceptors (Lipinski definition) is 5. The lowest BCUT2D eigenvalue weighted by atomic mass is 10.1. The van der Waals surface area contributed by atoms with E-state index in [0.717, 1.165) is 10.5 Å². The van der Waals surface area contributed by atoms with Crippen LogP contribution >= 0.6 is 11.8 Å². The average Bonchev–Trinajstić information content (AvgIpc) is 3.16. The van der Waals surface area contributed by atoms with E-state index < -0.39 is 0 Å². The zero-order valence-corrected chi connectivity index (χ0v) is 16.9. The molecule has 0 aliphatic rings. The summed E-state index contributed by atoms with van der Waals surface area (Å²) in [6.07, 6.45) is 1.70. The second kappa shape index (κ2) is 9.37. The number of nitrogens with zero attached hydrogens (tertiary/aromatic N) is 3. The first-order valence-electron chi connectivity index (χ1n) is 9.03. The third-order valence-corrected chi connectivity index (χ3v) is 5.19. The lowest BCUT2D eigenvalue weighted by Crippen LogP contribution is -2.32. The maximum absolute atomic E-state index is 12.7. The molecule has 3 rings (SSSR count). The van der Waals surface area contributed by atoms with Gasteiger partial charge in [-0.25, -0.2) is 0 Å². The molecule has 0 fully saturated rings. The summed E-state index contributed by atoms with van der Waals surface area (Å²) in [5.41, 5.74) is 3.25. The summed E-state index contributed by atoms with van der Waals surface area (Å²) in [6.45, 7) is 8.50. The monoisotopic (exact) mass is 393 g/mol. The van der Waals surface area contributed by atoms with E-state index in [1.54, 1.807) is 11.0 Å². The van der Waals surface area contributed by atoms with Crippen LogP contribution in [0.25, 0.3) is 11.4 Å². The van der Waals surface area contributed by atoms with E-state index in [9.17, 15) is 4.79 Å². The molecule has 0 atom stereocenters. The number of aryl methyl sites for hydroxylation is 2. The van der Waals surface area contributed by atoms with Crippen molar-refractivity contribution in [2.24, 2.45) is 0 Å². The summed E-state index contributed by atoms with van der Waals surface area (Å²) >= 11 is 1.51. The molecule has 0 saturated heterocycles. The third kappa shape index (κ3) is 5.33. The van der Waals surface area contributed by atoms with Crippen LogP contribution in [0.3, 0.4) is 0 Å². The Bertz CT molecular complexity index is 933. The van der Waals surface area contributed by atoms with E-state index in [2.05, 4.69) is 16.7 Å². The summed E-state index contributed by atoms with van der Waals surface area (Å²) in [4.78, 5) is 19.8. The van der Waals surface area contributed by atoms with Gasteiger partial charge in [0.2, 0.25) is 17.6 Å². The molecule has 0 radical (unpaired) electrons. The number of benzene rings is 2. The van der Waals surface area contributed by atoms with Gasteiger partial charge in [-0.3, -0.25) is 4.79 Å². The molecule has 0 N–H and O–H groups in total. The van der Waals surface area contributed by atoms with Gasteiger partial charge in [-0.2, -0.15) is 4.98 Å². The van der Waals surface area contributed by atoms with Gasteiger partial charge in [-0.15, -0.1) is 18.3 Å². The average molecular weight is 394 g/mol. The third-order valence-electron chi connectivity index (χ3n) is 4.19. The molecule has 2 aromatic carbocycles. The number of hydrogen-bond donors (Lipinski definition) is 0. The van der Waals surface area contributed by atoms with Crippen LogP contribution in [0.2, 0.25) is 0 Å². The van der Waals surface area contributed by atoms with Crippen LogP contribution in [-0.4, -0.2) is 33.2 Å². The molecule has 1 amide bonds. The number of aromatic nitrogens is 2. The molecule has 0 aliphatic carbocycles. The molecule has 0 spiro atoms.